The number of nitrogens with zero attached hydrogens (tertiary/aromatic N) is 2. The van der Waals surface area contributed by atoms with Crippen LogP contribution >= 0.6 is 11.8 Å². The molecule has 1 heterocycles. The lowest BCUT2D eigenvalue weighted by molar-refractivity contribution is 0.259. The van der Waals surface area contributed by atoms with Gasteiger partial charge in [0.05, 0.1) is 18.9 Å². The van der Waals surface area contributed by atoms with Gasteiger partial charge in [0.1, 0.15) is 10.8 Å². The predicted octanol–water partition coefficient (Wildman–Crippen LogP) is 3.52. The molecule has 3 N–H and O–H groups in total. The number of anilines is 2. The fourth-order valence-electron chi connectivity index (χ4n) is 2.70. The number of benzene rings is 1. The maximum atomic E-state index is 11.6. The fourth-order valence-corrected chi connectivity index (χ4v) is 4.10. The Morgan fingerprint density at radius 2 is 1.82 bits per heavy atom. The van der Waals surface area contributed by atoms with Gasteiger partial charge in [-0.25, -0.2) is 13.4 Å². The standard InChI is InChI=1S/C19H28N4O3S2/c1-13(2)10-16(12-24)20-17-11-18(22-19(21-17)23-28(4,25)26)27-14(3)15-8-6-5-7-9-15/h5-9,11,13-14,16,24H,10,12H2,1-4H3,(H2,20,21,22,23)/t14?,16-/m1/s1. The lowest BCUT2D eigenvalue weighted by atomic mass is 10.0. The van der Waals surface area contributed by atoms with Crippen molar-refractivity contribution < 1.29 is 13.5 Å². The van der Waals surface area contributed by atoms with Crippen LogP contribution in [0.2, 0.25) is 0 Å². The Hall–Kier alpha value is -1.84. The molecule has 0 bridgehead atoms. The van der Waals surface area contributed by atoms with Crippen LogP contribution in [0.4, 0.5) is 11.8 Å². The molecule has 0 amide bonds. The molecule has 1 unspecified atom stereocenters. The zero-order chi connectivity index (χ0) is 20.7. The van der Waals surface area contributed by atoms with E-state index >= 15 is 0 Å². The summed E-state index contributed by atoms with van der Waals surface area (Å²) < 4.78 is 25.6. The van der Waals surface area contributed by atoms with Gasteiger partial charge in [-0.05, 0) is 24.8 Å². The summed E-state index contributed by atoms with van der Waals surface area (Å²) in [7, 11) is -3.51. The van der Waals surface area contributed by atoms with Gasteiger partial charge in [-0.2, -0.15) is 4.98 Å². The summed E-state index contributed by atoms with van der Waals surface area (Å²) in [5.41, 5.74) is 1.14. The Balaban J connectivity index is 2.28. The van der Waals surface area contributed by atoms with Crippen LogP contribution in [0.25, 0.3) is 0 Å². The summed E-state index contributed by atoms with van der Waals surface area (Å²) in [5, 5.41) is 13.6. The van der Waals surface area contributed by atoms with Gasteiger partial charge in [-0.15, -0.1) is 0 Å². The Labute approximate surface area is 171 Å². The first-order valence-electron chi connectivity index (χ1n) is 9.12. The molecule has 28 heavy (non-hydrogen) atoms. The van der Waals surface area contributed by atoms with Gasteiger partial charge in [0, 0.05) is 11.3 Å². The number of aliphatic hydroxyl groups excluding tert-OH is 1. The second-order valence-corrected chi connectivity index (χ2v) is 10.2. The first-order chi connectivity index (χ1) is 13.2. The summed E-state index contributed by atoms with van der Waals surface area (Å²) in [6.07, 6.45) is 1.82. The van der Waals surface area contributed by atoms with Gasteiger partial charge in [0.15, 0.2) is 0 Å². The molecular formula is C19H28N4O3S2. The highest BCUT2D eigenvalue weighted by Crippen LogP contribution is 2.35. The van der Waals surface area contributed by atoms with E-state index in [-0.39, 0.29) is 23.8 Å². The number of nitrogens with one attached hydrogen (secondary N) is 2. The molecule has 0 aliphatic carbocycles. The van der Waals surface area contributed by atoms with E-state index in [4.69, 9.17) is 0 Å². The van der Waals surface area contributed by atoms with E-state index in [2.05, 4.69) is 40.8 Å². The first-order valence-corrected chi connectivity index (χ1v) is 11.9. The minimum absolute atomic E-state index is 0.0106. The molecule has 2 rings (SSSR count). The molecule has 7 nitrogen and oxygen atoms in total. The molecule has 0 aliphatic heterocycles. The number of rotatable bonds is 10. The molecule has 0 radical (unpaired) electrons. The van der Waals surface area contributed by atoms with Gasteiger partial charge in [0.25, 0.3) is 0 Å². The van der Waals surface area contributed by atoms with E-state index in [0.29, 0.717) is 16.8 Å². The van der Waals surface area contributed by atoms with Crippen molar-refractivity contribution >= 4 is 33.6 Å². The highest BCUT2D eigenvalue weighted by atomic mass is 32.2. The molecule has 154 valence electrons. The van der Waals surface area contributed by atoms with Crippen LogP contribution in [0.15, 0.2) is 41.4 Å². The number of aromatic nitrogens is 2. The molecule has 0 saturated carbocycles. The molecule has 1 aromatic heterocycles. The van der Waals surface area contributed by atoms with Crippen molar-refractivity contribution in [1.29, 1.82) is 0 Å². The average molecular weight is 425 g/mol. The van der Waals surface area contributed by atoms with Crippen molar-refractivity contribution in [3.8, 4) is 0 Å². The molecule has 1 aromatic carbocycles. The van der Waals surface area contributed by atoms with E-state index in [1.807, 2.05) is 30.3 Å². The monoisotopic (exact) mass is 424 g/mol. The lowest BCUT2D eigenvalue weighted by Crippen LogP contribution is -2.26. The van der Waals surface area contributed by atoms with Crippen LogP contribution in [-0.2, 0) is 10.0 Å². The zero-order valence-corrected chi connectivity index (χ0v) is 18.2. The van der Waals surface area contributed by atoms with Gasteiger partial charge in [-0.1, -0.05) is 55.9 Å². The maximum Gasteiger partial charge on any atom is 0.239 e. The van der Waals surface area contributed by atoms with E-state index in [1.54, 1.807) is 6.07 Å². The van der Waals surface area contributed by atoms with E-state index in [1.165, 1.54) is 11.8 Å². The molecule has 0 spiro atoms. The molecule has 2 aromatic rings. The number of sulfonamides is 1. The molecule has 9 heteroatoms. The van der Waals surface area contributed by atoms with Crippen molar-refractivity contribution in [1.82, 2.24) is 9.97 Å². The van der Waals surface area contributed by atoms with Crippen molar-refractivity contribution in [2.45, 2.75) is 43.5 Å². The number of thioether (sulfide) groups is 1. The number of hydrogen-bond acceptors (Lipinski definition) is 7. The lowest BCUT2D eigenvalue weighted by Gasteiger charge is -2.20. The Kier molecular flexibility index (Phi) is 8.09. The highest BCUT2D eigenvalue weighted by molar-refractivity contribution is 7.99. The van der Waals surface area contributed by atoms with Crippen molar-refractivity contribution in [3.63, 3.8) is 0 Å². The predicted molar refractivity (Wildman–Crippen MR) is 115 cm³/mol. The summed E-state index contributed by atoms with van der Waals surface area (Å²) in [5.74, 6) is 0.882. The fraction of sp³-hybridized carbons (Fsp3) is 0.474. The molecular weight excluding hydrogens is 396 g/mol. The zero-order valence-electron chi connectivity index (χ0n) is 16.6. The Morgan fingerprint density at radius 3 is 2.39 bits per heavy atom. The van der Waals surface area contributed by atoms with Crippen molar-refractivity contribution in [2.24, 2.45) is 5.92 Å². The topological polar surface area (TPSA) is 104 Å². The minimum Gasteiger partial charge on any atom is -0.394 e. The summed E-state index contributed by atoms with van der Waals surface area (Å²) in [6.45, 7) is 6.17. The van der Waals surface area contributed by atoms with Gasteiger partial charge in [0.2, 0.25) is 16.0 Å². The molecule has 0 aliphatic rings. The van der Waals surface area contributed by atoms with Crippen molar-refractivity contribution in [3.05, 3.63) is 42.0 Å². The number of hydrogen-bond donors (Lipinski definition) is 3. The van der Waals surface area contributed by atoms with Crippen LogP contribution in [-0.4, -0.2) is 42.4 Å². The van der Waals surface area contributed by atoms with Crippen molar-refractivity contribution in [2.75, 3.05) is 22.9 Å². The SMILES string of the molecule is CC(C)C[C@H](CO)Nc1cc(SC(C)c2ccccc2)nc(NS(C)(=O)=O)n1. The van der Waals surface area contributed by atoms with Crippen LogP contribution in [0.3, 0.4) is 0 Å². The van der Waals surface area contributed by atoms with Crippen LogP contribution in [0.5, 0.6) is 0 Å². The van der Waals surface area contributed by atoms with Gasteiger partial charge in [-0.3, -0.25) is 4.72 Å². The maximum absolute atomic E-state index is 11.6. The largest absolute Gasteiger partial charge is 0.394 e. The summed E-state index contributed by atoms with van der Waals surface area (Å²) in [6, 6.07) is 11.6. The van der Waals surface area contributed by atoms with Crippen LogP contribution < -0.4 is 10.0 Å². The summed E-state index contributed by atoms with van der Waals surface area (Å²) in [4.78, 5) is 8.59. The minimum atomic E-state index is -3.51. The molecule has 0 fully saturated rings. The van der Waals surface area contributed by atoms with Gasteiger partial charge < -0.3 is 10.4 Å². The average Bonchev–Trinajstić information content (AvgIpc) is 2.59. The number of aliphatic hydroxyl groups is 1. The first kappa shape index (κ1) is 22.4. The van der Waals surface area contributed by atoms with Gasteiger partial charge >= 0.3 is 0 Å². The normalized spacial score (nSPS) is 13.9. The Bertz CT molecular complexity index is 861. The van der Waals surface area contributed by atoms with E-state index < -0.39 is 10.0 Å². The third-order valence-electron chi connectivity index (χ3n) is 3.87. The quantitative estimate of drug-likeness (QED) is 0.396. The highest BCUT2D eigenvalue weighted by Gasteiger charge is 2.16. The van der Waals surface area contributed by atoms with E-state index in [9.17, 15) is 13.5 Å². The van der Waals surface area contributed by atoms with E-state index in [0.717, 1.165) is 18.2 Å². The smallest absolute Gasteiger partial charge is 0.239 e. The summed E-state index contributed by atoms with van der Waals surface area (Å²) >= 11 is 1.51. The third kappa shape index (κ3) is 7.65. The second-order valence-electron chi connectivity index (χ2n) is 7.11. The van der Waals surface area contributed by atoms with Crippen LogP contribution in [0.1, 0.15) is 38.0 Å². The molecule has 2 atom stereocenters. The second kappa shape index (κ2) is 10.1. The van der Waals surface area contributed by atoms with Crippen LogP contribution in [0, 0.1) is 5.92 Å². The Morgan fingerprint density at radius 1 is 1.14 bits per heavy atom. The molecule has 0 saturated heterocycles. The third-order valence-corrected chi connectivity index (χ3v) is 5.50.